The van der Waals surface area contributed by atoms with E-state index >= 15 is 0 Å². The lowest BCUT2D eigenvalue weighted by atomic mass is 9.68. The van der Waals surface area contributed by atoms with Gasteiger partial charge >= 0.3 is 0 Å². The molecule has 3 unspecified atom stereocenters. The van der Waals surface area contributed by atoms with Crippen LogP contribution >= 0.6 is 39.1 Å². The van der Waals surface area contributed by atoms with Crippen molar-refractivity contribution in [1.82, 2.24) is 4.90 Å². The van der Waals surface area contributed by atoms with Gasteiger partial charge in [0.25, 0.3) is 11.8 Å². The molecule has 1 saturated heterocycles. The number of alkyl halides is 3. The topological polar surface area (TPSA) is 76.1 Å². The molecule has 28 heavy (non-hydrogen) atoms. The monoisotopic (exact) mass is 489 g/mol. The molecule has 0 saturated carbocycles. The molecule has 1 aliphatic heterocycles. The molecule has 0 spiro atoms. The van der Waals surface area contributed by atoms with Crippen LogP contribution in [0.5, 0.6) is 17.2 Å². The second kappa shape index (κ2) is 7.28. The molecule has 3 rings (SSSR count). The minimum Gasteiger partial charge on any atom is -0.502 e. The highest BCUT2D eigenvalue weighted by Gasteiger charge is 2.72. The molecule has 1 fully saturated rings. The fourth-order valence-electron chi connectivity index (χ4n) is 3.83. The van der Waals surface area contributed by atoms with Crippen LogP contribution in [0.15, 0.2) is 36.4 Å². The highest BCUT2D eigenvalue weighted by molar-refractivity contribution is 9.09. The highest BCUT2D eigenvalue weighted by Crippen LogP contribution is 2.60. The smallest absolute Gasteiger partial charge is 0.254 e. The van der Waals surface area contributed by atoms with Crippen molar-refractivity contribution in [1.29, 1.82) is 0 Å². The number of allylic oxidation sites excluding steroid dienone is 3. The van der Waals surface area contributed by atoms with E-state index < -0.39 is 27.5 Å². The summed E-state index contributed by atoms with van der Waals surface area (Å²) in [5.41, 5.74) is 1.11. The van der Waals surface area contributed by atoms with E-state index in [2.05, 4.69) is 22.5 Å². The molecule has 150 valence electrons. The Balaban J connectivity index is 2.30. The Morgan fingerprint density at radius 3 is 2.32 bits per heavy atom. The Morgan fingerprint density at radius 2 is 1.86 bits per heavy atom. The van der Waals surface area contributed by atoms with E-state index in [-0.39, 0.29) is 29.1 Å². The summed E-state index contributed by atoms with van der Waals surface area (Å²) in [4.78, 5) is 23.7. The van der Waals surface area contributed by atoms with Gasteiger partial charge in [0.15, 0.2) is 21.2 Å². The van der Waals surface area contributed by atoms with Crippen LogP contribution in [0.25, 0.3) is 0 Å². The van der Waals surface area contributed by atoms with Crippen molar-refractivity contribution in [2.24, 2.45) is 0 Å². The van der Waals surface area contributed by atoms with Crippen LogP contribution in [-0.4, -0.2) is 51.2 Å². The van der Waals surface area contributed by atoms with Gasteiger partial charge in [-0.3, -0.25) is 14.5 Å². The van der Waals surface area contributed by atoms with E-state index in [0.29, 0.717) is 11.1 Å². The fourth-order valence-corrected chi connectivity index (χ4v) is 5.17. The van der Waals surface area contributed by atoms with Crippen LogP contribution in [-0.2, 0) is 9.59 Å². The molecular weight excluding hydrogens is 473 g/mol. The maximum absolute atomic E-state index is 13.2. The van der Waals surface area contributed by atoms with Crippen molar-refractivity contribution < 1.29 is 24.2 Å². The van der Waals surface area contributed by atoms with Gasteiger partial charge in [0.1, 0.15) is 0 Å². The molecule has 0 radical (unpaired) electrons. The molecule has 1 N–H and O–H groups in total. The number of fused-ring (bicyclic) bond motifs is 1. The first kappa shape index (κ1) is 21.0. The zero-order valence-corrected chi connectivity index (χ0v) is 18.3. The lowest BCUT2D eigenvalue weighted by molar-refractivity contribution is -0.138. The third-order valence-electron chi connectivity index (χ3n) is 5.26. The Labute approximate surface area is 180 Å². The number of phenols is 1. The maximum atomic E-state index is 13.2. The average molecular weight is 491 g/mol. The van der Waals surface area contributed by atoms with Crippen molar-refractivity contribution in [2.75, 3.05) is 19.7 Å². The minimum atomic E-state index is -1.79. The predicted octanol–water partition coefficient (Wildman–Crippen LogP) is 3.69. The summed E-state index contributed by atoms with van der Waals surface area (Å²) in [5.74, 6) is -1.90. The van der Waals surface area contributed by atoms with Gasteiger partial charge in [-0.1, -0.05) is 34.7 Å². The van der Waals surface area contributed by atoms with Gasteiger partial charge in [-0.2, -0.15) is 0 Å². The molecule has 1 heterocycles. The molecule has 2 amide bonds. The molecule has 0 aromatic heterocycles. The summed E-state index contributed by atoms with van der Waals surface area (Å²) in [6.45, 7) is 3.81. The first-order valence-electron chi connectivity index (χ1n) is 8.28. The summed E-state index contributed by atoms with van der Waals surface area (Å²) in [6.07, 6.45) is 3.40. The van der Waals surface area contributed by atoms with Crippen molar-refractivity contribution in [3.8, 4) is 17.2 Å². The van der Waals surface area contributed by atoms with E-state index in [0.717, 1.165) is 4.90 Å². The minimum absolute atomic E-state index is 0.0219. The number of aromatic hydroxyl groups is 1. The van der Waals surface area contributed by atoms with Crippen molar-refractivity contribution >= 4 is 50.9 Å². The van der Waals surface area contributed by atoms with Gasteiger partial charge < -0.3 is 14.6 Å². The van der Waals surface area contributed by atoms with Crippen LogP contribution in [0.1, 0.15) is 17.9 Å². The number of carbonyl (C=O) groups is 2. The number of halogens is 3. The summed E-state index contributed by atoms with van der Waals surface area (Å²) < 4.78 is 10.5. The summed E-state index contributed by atoms with van der Waals surface area (Å²) in [5, 5.41) is 10.2. The third kappa shape index (κ3) is 2.60. The third-order valence-corrected chi connectivity index (χ3v) is 7.17. The first-order chi connectivity index (χ1) is 13.2. The number of benzene rings is 1. The molecule has 1 aromatic carbocycles. The number of ether oxygens (including phenoxy) is 2. The predicted molar refractivity (Wildman–Crippen MR) is 110 cm³/mol. The second-order valence-electron chi connectivity index (χ2n) is 6.49. The zero-order chi connectivity index (χ0) is 20.9. The highest BCUT2D eigenvalue weighted by atomic mass is 79.9. The van der Waals surface area contributed by atoms with Crippen molar-refractivity contribution in [3.63, 3.8) is 0 Å². The quantitative estimate of drug-likeness (QED) is 0.387. The number of nitrogens with zero attached hydrogens (tertiary/aromatic N) is 1. The van der Waals surface area contributed by atoms with Crippen LogP contribution in [0.3, 0.4) is 0 Å². The van der Waals surface area contributed by atoms with Crippen LogP contribution in [0, 0.1) is 0 Å². The molecule has 9 heteroatoms. The van der Waals surface area contributed by atoms with E-state index in [1.807, 2.05) is 0 Å². The Hall–Kier alpha value is -1.70. The normalized spacial score (nSPS) is 29.4. The van der Waals surface area contributed by atoms with Crippen LogP contribution in [0.4, 0.5) is 0 Å². The van der Waals surface area contributed by atoms with Gasteiger partial charge in [0.2, 0.25) is 5.75 Å². The zero-order valence-electron chi connectivity index (χ0n) is 15.2. The lowest BCUT2D eigenvalue weighted by Crippen LogP contribution is -2.54. The largest absolute Gasteiger partial charge is 0.502 e. The Kier molecular flexibility index (Phi) is 5.47. The molecule has 3 atom stereocenters. The number of carbonyl (C=O) groups excluding carboxylic acids is 2. The Morgan fingerprint density at radius 1 is 1.29 bits per heavy atom. The van der Waals surface area contributed by atoms with E-state index in [9.17, 15) is 14.7 Å². The maximum Gasteiger partial charge on any atom is 0.254 e. The van der Waals surface area contributed by atoms with Gasteiger partial charge in [0.05, 0.1) is 19.7 Å². The molecular formula is C19H18BrCl2NO5. The van der Waals surface area contributed by atoms with Gasteiger partial charge in [0, 0.05) is 5.92 Å². The van der Waals surface area contributed by atoms with Crippen LogP contribution in [0.2, 0.25) is 0 Å². The number of likely N-dealkylation sites (tertiary alicyclic amines) is 1. The van der Waals surface area contributed by atoms with E-state index in [4.69, 9.17) is 32.7 Å². The fraction of sp³-hybridized carbons (Fsp3) is 0.368. The van der Waals surface area contributed by atoms with Gasteiger partial charge in [-0.25, -0.2) is 0 Å². The van der Waals surface area contributed by atoms with Gasteiger partial charge in [-0.15, -0.1) is 23.2 Å². The summed E-state index contributed by atoms with van der Waals surface area (Å²) in [6, 6.07) is 3.09. The number of amides is 2. The number of hydrogen-bond donors (Lipinski definition) is 1. The number of rotatable bonds is 5. The first-order valence-corrected chi connectivity index (χ1v) is 10.2. The molecule has 2 aliphatic rings. The number of imide groups is 1. The molecule has 0 bridgehead atoms. The summed E-state index contributed by atoms with van der Waals surface area (Å²) >= 11 is 16.8. The van der Waals surface area contributed by atoms with E-state index in [1.54, 1.807) is 24.3 Å². The number of phenolic OH excluding ortho intramolecular Hbond substituents is 1. The van der Waals surface area contributed by atoms with Crippen molar-refractivity contribution in [2.45, 2.75) is 22.1 Å². The van der Waals surface area contributed by atoms with Gasteiger partial charge in [-0.05, 0) is 29.7 Å². The Bertz CT molecular complexity index is 879. The molecule has 1 aromatic rings. The standard InChI is InChI=1S/C19H18BrCl2NO5/c1-4-10-5-6-18(21)16(25)23(9-20)17(26)19(18,22)14(10)11-7-12(27-2)15(24)13(8-11)28-3/h4-5,7-8,14,24H,1,6,9H2,2-3H3. The SMILES string of the molecule is C=CC1=CCC2(Cl)C(=O)N(CBr)C(=O)C2(Cl)C1c1cc(OC)c(O)c(OC)c1. The molecule has 1 aliphatic carbocycles. The summed E-state index contributed by atoms with van der Waals surface area (Å²) in [7, 11) is 2.78. The van der Waals surface area contributed by atoms with E-state index in [1.165, 1.54) is 14.2 Å². The average Bonchev–Trinajstić information content (AvgIpc) is 2.84. The lowest BCUT2D eigenvalue weighted by Gasteiger charge is -2.42. The molecule has 6 nitrogen and oxygen atoms in total. The number of hydrogen-bond acceptors (Lipinski definition) is 5. The number of methoxy groups -OCH3 is 2. The van der Waals surface area contributed by atoms with Crippen LogP contribution < -0.4 is 9.47 Å². The van der Waals surface area contributed by atoms with Crippen molar-refractivity contribution in [3.05, 3.63) is 42.0 Å². The second-order valence-corrected chi connectivity index (χ2v) is 8.23.